The van der Waals surface area contributed by atoms with Gasteiger partial charge in [-0.25, -0.2) is 0 Å². The first-order valence-corrected chi connectivity index (χ1v) is 12.6. The molecule has 2 aromatic rings. The van der Waals surface area contributed by atoms with E-state index in [1.807, 2.05) is 11.0 Å². The van der Waals surface area contributed by atoms with Crippen LogP contribution in [0.3, 0.4) is 0 Å². The Morgan fingerprint density at radius 1 is 1.03 bits per heavy atom. The van der Waals surface area contributed by atoms with Gasteiger partial charge in [-0.1, -0.05) is 31.0 Å². The molecule has 0 N–H and O–H groups in total. The highest BCUT2D eigenvalue weighted by atomic mass is 32.1. The molecule has 168 valence electrons. The zero-order valence-corrected chi connectivity index (χ0v) is 19.9. The van der Waals surface area contributed by atoms with Gasteiger partial charge < -0.3 is 9.80 Å². The minimum atomic E-state index is 0.157. The smallest absolute Gasteiger partial charge is 0.264 e. The van der Waals surface area contributed by atoms with Gasteiger partial charge in [0.2, 0.25) is 5.91 Å². The average Bonchev–Trinajstić information content (AvgIpc) is 2.95. The molecule has 2 saturated heterocycles. The second kappa shape index (κ2) is 9.70. The van der Waals surface area contributed by atoms with E-state index in [2.05, 4.69) is 41.8 Å². The molecule has 0 spiro atoms. The maximum absolute atomic E-state index is 13.6. The van der Waals surface area contributed by atoms with E-state index in [1.54, 1.807) is 18.3 Å². The molecule has 3 heterocycles. The minimum Gasteiger partial charge on any atom is -0.340 e. The molecule has 0 radical (unpaired) electrons. The van der Waals surface area contributed by atoms with Gasteiger partial charge in [0.1, 0.15) is 0 Å². The number of fused-ring (bicyclic) bond motifs is 1. The van der Waals surface area contributed by atoms with Crippen LogP contribution < -0.4 is 0 Å². The van der Waals surface area contributed by atoms with Crippen molar-refractivity contribution in [1.29, 1.82) is 0 Å². The number of carbonyl (C=O) groups is 2. The molecule has 2 aliphatic rings. The summed E-state index contributed by atoms with van der Waals surface area (Å²) >= 11 is 1.63. The number of hydrogen-bond donors (Lipinski definition) is 0. The van der Waals surface area contributed by atoms with E-state index in [0.717, 1.165) is 68.8 Å². The lowest BCUT2D eigenvalue weighted by atomic mass is 9.97. The summed E-state index contributed by atoms with van der Waals surface area (Å²) in [6.45, 7) is 10.4. The monoisotopic (exact) mass is 441 g/mol. The molecule has 0 unspecified atom stereocenters. The molecule has 1 aromatic heterocycles. The summed E-state index contributed by atoms with van der Waals surface area (Å²) in [5.41, 5.74) is 1.15. The molecule has 0 aliphatic carbocycles. The van der Waals surface area contributed by atoms with Gasteiger partial charge in [-0.3, -0.25) is 14.5 Å². The molecule has 0 saturated carbocycles. The van der Waals surface area contributed by atoms with Crippen molar-refractivity contribution in [2.75, 3.05) is 32.7 Å². The Labute approximate surface area is 190 Å². The van der Waals surface area contributed by atoms with Crippen LogP contribution in [0.25, 0.3) is 10.1 Å². The van der Waals surface area contributed by atoms with E-state index >= 15 is 0 Å². The van der Waals surface area contributed by atoms with Gasteiger partial charge >= 0.3 is 0 Å². The van der Waals surface area contributed by atoms with E-state index in [-0.39, 0.29) is 17.9 Å². The van der Waals surface area contributed by atoms with Crippen LogP contribution in [-0.4, -0.2) is 71.3 Å². The first kappa shape index (κ1) is 22.3. The number of rotatable bonds is 4. The second-order valence-electron chi connectivity index (χ2n) is 9.25. The highest BCUT2D eigenvalue weighted by Gasteiger charge is 2.30. The zero-order valence-electron chi connectivity index (χ0n) is 19.1. The lowest BCUT2D eigenvalue weighted by molar-refractivity contribution is -0.131. The number of likely N-dealkylation sites (tertiary alicyclic amines) is 1. The van der Waals surface area contributed by atoms with E-state index in [1.165, 1.54) is 16.5 Å². The Bertz CT molecular complexity index is 930. The molecule has 2 aliphatic heterocycles. The van der Waals surface area contributed by atoms with Crippen LogP contribution in [0.15, 0.2) is 24.3 Å². The van der Waals surface area contributed by atoms with Crippen LogP contribution >= 0.6 is 11.3 Å². The standard InChI is InChI=1S/C25H35N3O2S/c1-18(2)26-13-15-27(16-14-26)25(30)24-22(21-10-6-7-11-23(21)31-24)17-20-9-5-4-8-12-28(20)19(3)29/h6-7,10-11,18,20H,4-5,8-9,12-17H2,1-3H3/t20-/m1/s1. The van der Waals surface area contributed by atoms with Crippen molar-refractivity contribution in [2.45, 2.75) is 65.0 Å². The molecular weight excluding hydrogens is 406 g/mol. The molecule has 31 heavy (non-hydrogen) atoms. The SMILES string of the molecule is CC(=O)N1CCCCC[C@@H]1Cc1c(C(=O)N2CCN(C(C)C)CC2)sc2ccccc12. The van der Waals surface area contributed by atoms with Gasteiger partial charge in [-0.2, -0.15) is 0 Å². The van der Waals surface area contributed by atoms with Crippen molar-refractivity contribution in [2.24, 2.45) is 0 Å². The number of piperazine rings is 1. The fraction of sp³-hybridized carbons (Fsp3) is 0.600. The van der Waals surface area contributed by atoms with Crippen molar-refractivity contribution < 1.29 is 9.59 Å². The normalized spacial score (nSPS) is 21.0. The Morgan fingerprint density at radius 2 is 1.77 bits per heavy atom. The summed E-state index contributed by atoms with van der Waals surface area (Å²) in [5, 5.41) is 1.18. The van der Waals surface area contributed by atoms with E-state index in [4.69, 9.17) is 0 Å². The predicted octanol–water partition coefficient (Wildman–Crippen LogP) is 4.40. The largest absolute Gasteiger partial charge is 0.340 e. The summed E-state index contributed by atoms with van der Waals surface area (Å²) in [5.74, 6) is 0.326. The number of hydrogen-bond acceptors (Lipinski definition) is 4. The number of amides is 2. The van der Waals surface area contributed by atoms with Gasteiger partial charge in [0, 0.05) is 56.4 Å². The quantitative estimate of drug-likeness (QED) is 0.706. The Hall–Kier alpha value is -1.92. The lowest BCUT2D eigenvalue weighted by Gasteiger charge is -2.37. The zero-order chi connectivity index (χ0) is 22.0. The van der Waals surface area contributed by atoms with Crippen LogP contribution in [-0.2, 0) is 11.2 Å². The van der Waals surface area contributed by atoms with Crippen LogP contribution in [0.5, 0.6) is 0 Å². The highest BCUT2D eigenvalue weighted by molar-refractivity contribution is 7.21. The van der Waals surface area contributed by atoms with Crippen molar-refractivity contribution in [3.8, 4) is 0 Å². The van der Waals surface area contributed by atoms with Crippen molar-refractivity contribution in [3.63, 3.8) is 0 Å². The highest BCUT2D eigenvalue weighted by Crippen LogP contribution is 2.35. The summed E-state index contributed by atoms with van der Waals surface area (Å²) < 4.78 is 1.17. The van der Waals surface area contributed by atoms with E-state index in [9.17, 15) is 9.59 Å². The number of nitrogens with zero attached hydrogens (tertiary/aromatic N) is 3. The maximum Gasteiger partial charge on any atom is 0.264 e. The van der Waals surface area contributed by atoms with E-state index < -0.39 is 0 Å². The third-order valence-electron chi connectivity index (χ3n) is 6.95. The van der Waals surface area contributed by atoms with Crippen molar-refractivity contribution in [1.82, 2.24) is 14.7 Å². The topological polar surface area (TPSA) is 43.9 Å². The molecular formula is C25H35N3O2S. The van der Waals surface area contributed by atoms with Gasteiger partial charge in [0.05, 0.1) is 4.88 Å². The third-order valence-corrected chi connectivity index (χ3v) is 8.15. The fourth-order valence-electron chi connectivity index (χ4n) is 5.10. The van der Waals surface area contributed by atoms with Crippen LogP contribution in [0.2, 0.25) is 0 Å². The molecule has 0 bridgehead atoms. The van der Waals surface area contributed by atoms with Crippen LogP contribution in [0.1, 0.15) is 61.7 Å². The first-order valence-electron chi connectivity index (χ1n) is 11.8. The predicted molar refractivity (Wildman–Crippen MR) is 128 cm³/mol. The van der Waals surface area contributed by atoms with Crippen molar-refractivity contribution in [3.05, 3.63) is 34.7 Å². The molecule has 2 fully saturated rings. The Morgan fingerprint density at radius 3 is 2.48 bits per heavy atom. The maximum atomic E-state index is 13.6. The van der Waals surface area contributed by atoms with Crippen LogP contribution in [0, 0.1) is 0 Å². The Kier molecular flexibility index (Phi) is 6.97. The average molecular weight is 442 g/mol. The molecule has 4 rings (SSSR count). The summed E-state index contributed by atoms with van der Waals surface area (Å²) in [6, 6.07) is 9.07. The number of carbonyl (C=O) groups excluding carboxylic acids is 2. The lowest BCUT2D eigenvalue weighted by Crippen LogP contribution is -2.50. The van der Waals surface area contributed by atoms with Gasteiger partial charge in [-0.05, 0) is 50.1 Å². The summed E-state index contributed by atoms with van der Waals surface area (Å²) in [6.07, 6.45) is 5.20. The minimum absolute atomic E-state index is 0.157. The summed E-state index contributed by atoms with van der Waals surface area (Å²) in [7, 11) is 0. The second-order valence-corrected chi connectivity index (χ2v) is 10.3. The molecule has 2 amide bonds. The van der Waals surface area contributed by atoms with E-state index in [0.29, 0.717) is 6.04 Å². The van der Waals surface area contributed by atoms with Crippen molar-refractivity contribution >= 4 is 33.2 Å². The molecule has 6 heteroatoms. The number of thiophene rings is 1. The van der Waals surface area contributed by atoms with Gasteiger partial charge in [-0.15, -0.1) is 11.3 Å². The Balaban J connectivity index is 1.63. The summed E-state index contributed by atoms with van der Waals surface area (Å²) in [4.78, 5) is 33.4. The third kappa shape index (κ3) is 4.80. The van der Waals surface area contributed by atoms with Crippen LogP contribution in [0.4, 0.5) is 0 Å². The molecule has 1 aromatic carbocycles. The molecule has 1 atom stereocenters. The fourth-order valence-corrected chi connectivity index (χ4v) is 6.30. The van der Waals surface area contributed by atoms with Gasteiger partial charge in [0.25, 0.3) is 5.91 Å². The first-order chi connectivity index (χ1) is 15.0. The van der Waals surface area contributed by atoms with Gasteiger partial charge in [0.15, 0.2) is 0 Å². The number of benzene rings is 1. The molecule has 5 nitrogen and oxygen atoms in total.